The van der Waals surface area contributed by atoms with Gasteiger partial charge in [0.2, 0.25) is 11.8 Å². The third kappa shape index (κ3) is 4.48. The summed E-state index contributed by atoms with van der Waals surface area (Å²) < 4.78 is 0. The van der Waals surface area contributed by atoms with Crippen molar-refractivity contribution in [2.75, 3.05) is 40.3 Å². The van der Waals surface area contributed by atoms with Gasteiger partial charge in [0.15, 0.2) is 5.96 Å². The summed E-state index contributed by atoms with van der Waals surface area (Å²) in [6.07, 6.45) is 3.94. The van der Waals surface area contributed by atoms with Crippen LogP contribution in [-0.4, -0.2) is 84.8 Å². The predicted octanol–water partition coefficient (Wildman–Crippen LogP) is 0.107. The summed E-state index contributed by atoms with van der Waals surface area (Å²) in [5, 5.41) is 3.45. The number of rotatable bonds is 3. The number of likely N-dealkylation sites (N-methyl/N-ethyl adjacent to an activating group) is 1. The van der Waals surface area contributed by atoms with Gasteiger partial charge >= 0.3 is 0 Å². The lowest BCUT2D eigenvalue weighted by Crippen LogP contribution is -2.56. The first-order chi connectivity index (χ1) is 10.5. The summed E-state index contributed by atoms with van der Waals surface area (Å²) in [5.74, 6) is 1.11. The lowest BCUT2D eigenvalue weighted by atomic mass is 10.1. The zero-order valence-corrected chi connectivity index (χ0v) is 16.2. The Labute approximate surface area is 154 Å². The first-order valence-electron chi connectivity index (χ1n) is 8.10. The predicted molar refractivity (Wildman–Crippen MR) is 98.9 cm³/mol. The maximum Gasteiger partial charge on any atom is 0.243 e. The molecule has 2 amide bonds. The number of carbonyl (C=O) groups is 2. The molecule has 3 rings (SSSR count). The number of carbonyl (C=O) groups excluding carboxylic acids is 2. The van der Waals surface area contributed by atoms with Crippen molar-refractivity contribution in [3.8, 4) is 0 Å². The molecule has 7 nitrogen and oxygen atoms in total. The molecule has 0 bridgehead atoms. The number of nitrogens with one attached hydrogen (secondary N) is 1. The van der Waals surface area contributed by atoms with Gasteiger partial charge in [-0.05, 0) is 19.3 Å². The van der Waals surface area contributed by atoms with E-state index in [0.717, 1.165) is 32.0 Å². The molecule has 0 radical (unpaired) electrons. The molecular weight excluding hydrogens is 409 g/mol. The Morgan fingerprint density at radius 1 is 1.30 bits per heavy atom. The SMILES string of the molecule is CN(C)C(=O)CN=C(NC1CC1)N1CCN2C(=O)CCC2C1.I. The van der Waals surface area contributed by atoms with Crippen molar-refractivity contribution in [1.82, 2.24) is 20.0 Å². The van der Waals surface area contributed by atoms with Gasteiger partial charge in [0, 0.05) is 52.2 Å². The van der Waals surface area contributed by atoms with E-state index in [1.54, 1.807) is 19.0 Å². The summed E-state index contributed by atoms with van der Waals surface area (Å²) in [4.78, 5) is 33.8. The molecule has 0 spiro atoms. The van der Waals surface area contributed by atoms with Crippen LogP contribution in [0.3, 0.4) is 0 Å². The Balaban J connectivity index is 0.00000192. The van der Waals surface area contributed by atoms with Gasteiger partial charge < -0.3 is 20.0 Å². The summed E-state index contributed by atoms with van der Waals surface area (Å²) in [6.45, 7) is 2.54. The molecule has 2 aliphatic heterocycles. The molecule has 2 saturated heterocycles. The number of guanidine groups is 1. The van der Waals surface area contributed by atoms with Crippen molar-refractivity contribution < 1.29 is 9.59 Å². The van der Waals surface area contributed by atoms with Crippen LogP contribution in [0.15, 0.2) is 4.99 Å². The van der Waals surface area contributed by atoms with E-state index in [2.05, 4.69) is 15.2 Å². The van der Waals surface area contributed by atoms with Crippen molar-refractivity contribution in [2.45, 2.75) is 37.8 Å². The van der Waals surface area contributed by atoms with Gasteiger partial charge in [-0.15, -0.1) is 24.0 Å². The molecule has 0 aromatic rings. The number of aliphatic imine (C=N–C) groups is 1. The van der Waals surface area contributed by atoms with E-state index in [1.807, 2.05) is 4.90 Å². The van der Waals surface area contributed by atoms with E-state index in [9.17, 15) is 9.59 Å². The molecule has 1 aliphatic carbocycles. The molecule has 0 aromatic carbocycles. The smallest absolute Gasteiger partial charge is 0.243 e. The summed E-state index contributed by atoms with van der Waals surface area (Å²) in [6, 6.07) is 0.799. The molecule has 3 fully saturated rings. The largest absolute Gasteiger partial charge is 0.353 e. The van der Waals surface area contributed by atoms with Crippen LogP contribution in [0.2, 0.25) is 0 Å². The van der Waals surface area contributed by atoms with Crippen molar-refractivity contribution in [1.29, 1.82) is 0 Å². The van der Waals surface area contributed by atoms with Crippen LogP contribution in [0.5, 0.6) is 0 Å². The van der Waals surface area contributed by atoms with Crippen LogP contribution in [0.4, 0.5) is 0 Å². The fraction of sp³-hybridized carbons (Fsp3) is 0.800. The highest BCUT2D eigenvalue weighted by Gasteiger charge is 2.37. The molecule has 130 valence electrons. The molecule has 1 atom stereocenters. The summed E-state index contributed by atoms with van der Waals surface area (Å²) >= 11 is 0. The van der Waals surface area contributed by atoms with Gasteiger partial charge in [-0.3, -0.25) is 9.59 Å². The second-order valence-electron chi connectivity index (χ2n) is 6.57. The van der Waals surface area contributed by atoms with E-state index in [1.165, 1.54) is 12.8 Å². The van der Waals surface area contributed by atoms with Gasteiger partial charge in [-0.2, -0.15) is 0 Å². The third-order valence-electron chi connectivity index (χ3n) is 4.57. The van der Waals surface area contributed by atoms with Crippen molar-refractivity contribution in [2.24, 2.45) is 4.99 Å². The van der Waals surface area contributed by atoms with Crippen LogP contribution in [-0.2, 0) is 9.59 Å². The molecule has 1 unspecified atom stereocenters. The summed E-state index contributed by atoms with van der Waals surface area (Å²) in [7, 11) is 3.49. The molecule has 1 N–H and O–H groups in total. The molecule has 2 heterocycles. The van der Waals surface area contributed by atoms with Gasteiger partial charge in [-0.1, -0.05) is 0 Å². The first-order valence-corrected chi connectivity index (χ1v) is 8.10. The number of hydrogen-bond donors (Lipinski definition) is 1. The normalized spacial score (nSPS) is 24.2. The van der Waals surface area contributed by atoms with Gasteiger partial charge in [0.1, 0.15) is 6.54 Å². The fourth-order valence-corrected chi connectivity index (χ4v) is 2.99. The minimum absolute atomic E-state index is 0. The number of piperazine rings is 1. The average Bonchev–Trinajstić information content (AvgIpc) is 3.25. The monoisotopic (exact) mass is 435 g/mol. The summed E-state index contributed by atoms with van der Waals surface area (Å²) in [5.41, 5.74) is 0. The Morgan fingerprint density at radius 2 is 2.04 bits per heavy atom. The highest BCUT2D eigenvalue weighted by molar-refractivity contribution is 14.0. The minimum atomic E-state index is 0. The van der Waals surface area contributed by atoms with Crippen molar-refractivity contribution in [3.63, 3.8) is 0 Å². The Morgan fingerprint density at radius 3 is 2.70 bits per heavy atom. The second kappa shape index (κ2) is 7.67. The Bertz CT molecular complexity index is 492. The standard InChI is InChI=1S/C15H25N5O2.HI/c1-18(2)14(22)9-16-15(17-11-3-4-11)19-7-8-20-12(10-19)5-6-13(20)21;/h11-12H,3-10H2,1-2H3,(H,16,17);1H. The number of hydrogen-bond acceptors (Lipinski definition) is 3. The number of amides is 2. The molecule has 23 heavy (non-hydrogen) atoms. The zero-order chi connectivity index (χ0) is 15.7. The zero-order valence-electron chi connectivity index (χ0n) is 13.8. The van der Waals surface area contributed by atoms with E-state index in [4.69, 9.17) is 0 Å². The number of fused-ring (bicyclic) bond motifs is 1. The topological polar surface area (TPSA) is 68.2 Å². The van der Waals surface area contributed by atoms with E-state index in [0.29, 0.717) is 18.5 Å². The van der Waals surface area contributed by atoms with Crippen LogP contribution in [0.25, 0.3) is 0 Å². The van der Waals surface area contributed by atoms with Gasteiger partial charge in [-0.25, -0.2) is 4.99 Å². The van der Waals surface area contributed by atoms with E-state index in [-0.39, 0.29) is 42.3 Å². The first kappa shape index (κ1) is 18.3. The van der Waals surface area contributed by atoms with Crippen LogP contribution < -0.4 is 5.32 Å². The van der Waals surface area contributed by atoms with E-state index >= 15 is 0 Å². The fourth-order valence-electron chi connectivity index (χ4n) is 2.99. The lowest BCUT2D eigenvalue weighted by Gasteiger charge is -2.39. The number of halogens is 1. The van der Waals surface area contributed by atoms with Crippen LogP contribution in [0.1, 0.15) is 25.7 Å². The molecular formula is C15H26IN5O2. The third-order valence-corrected chi connectivity index (χ3v) is 4.57. The Kier molecular flexibility index (Phi) is 6.10. The van der Waals surface area contributed by atoms with Gasteiger partial charge in [0.25, 0.3) is 0 Å². The van der Waals surface area contributed by atoms with Gasteiger partial charge in [0.05, 0.1) is 0 Å². The quantitative estimate of drug-likeness (QED) is 0.388. The Hall–Kier alpha value is -1.06. The lowest BCUT2D eigenvalue weighted by molar-refractivity contribution is -0.130. The maximum absolute atomic E-state index is 11.8. The second-order valence-corrected chi connectivity index (χ2v) is 6.57. The van der Waals surface area contributed by atoms with Crippen molar-refractivity contribution in [3.05, 3.63) is 0 Å². The highest BCUT2D eigenvalue weighted by atomic mass is 127. The molecule has 1 saturated carbocycles. The van der Waals surface area contributed by atoms with Crippen LogP contribution in [0, 0.1) is 0 Å². The molecule has 0 aromatic heterocycles. The average molecular weight is 435 g/mol. The number of nitrogens with zero attached hydrogens (tertiary/aromatic N) is 4. The highest BCUT2D eigenvalue weighted by Crippen LogP contribution is 2.24. The van der Waals surface area contributed by atoms with Crippen LogP contribution >= 0.6 is 24.0 Å². The van der Waals surface area contributed by atoms with Crippen molar-refractivity contribution >= 4 is 41.8 Å². The molecule has 3 aliphatic rings. The van der Waals surface area contributed by atoms with E-state index < -0.39 is 0 Å². The molecule has 8 heteroatoms. The minimum Gasteiger partial charge on any atom is -0.353 e. The maximum atomic E-state index is 11.8.